The molecule has 0 fully saturated rings. The van der Waals surface area contributed by atoms with Gasteiger partial charge in [-0.25, -0.2) is 15.0 Å². The molecule has 0 amide bonds. The van der Waals surface area contributed by atoms with E-state index < -0.39 is 5.41 Å². The van der Waals surface area contributed by atoms with E-state index in [4.69, 9.17) is 19.9 Å². The van der Waals surface area contributed by atoms with Crippen LogP contribution < -0.4 is 0 Å². The molecule has 1 aliphatic heterocycles. The second-order valence-corrected chi connectivity index (χ2v) is 14.9. The molecule has 54 heavy (non-hydrogen) atoms. The SMILES string of the molecule is c1ccc(-c2nc(-c3ccccc3)nc(-c3ccc4c(c3)-c3cc(-c5cccc6cccnc56)ccc3C43c4ccccc4Sc4ccccc43)n2)cc1. The Hall–Kier alpha value is -6.69. The van der Waals surface area contributed by atoms with Gasteiger partial charge in [0.25, 0.3) is 0 Å². The zero-order chi connectivity index (χ0) is 35.6. The second-order valence-electron chi connectivity index (χ2n) is 13.8. The molecule has 0 saturated heterocycles. The Kier molecular flexibility index (Phi) is 6.97. The summed E-state index contributed by atoms with van der Waals surface area (Å²) in [5.74, 6) is 1.94. The van der Waals surface area contributed by atoms with Crippen molar-refractivity contribution in [1.29, 1.82) is 0 Å². The predicted molar refractivity (Wildman–Crippen MR) is 218 cm³/mol. The highest BCUT2D eigenvalue weighted by atomic mass is 32.2. The number of hydrogen-bond acceptors (Lipinski definition) is 5. The van der Waals surface area contributed by atoms with Gasteiger partial charge in [0.05, 0.1) is 10.9 Å². The minimum Gasteiger partial charge on any atom is -0.256 e. The van der Waals surface area contributed by atoms with E-state index in [1.165, 1.54) is 43.2 Å². The van der Waals surface area contributed by atoms with Crippen molar-refractivity contribution in [2.75, 3.05) is 0 Å². The van der Waals surface area contributed by atoms with Crippen molar-refractivity contribution in [2.45, 2.75) is 15.2 Å². The third kappa shape index (κ3) is 4.65. The molecule has 1 aliphatic carbocycles. The van der Waals surface area contributed by atoms with E-state index in [0.29, 0.717) is 17.5 Å². The molecule has 4 nitrogen and oxygen atoms in total. The lowest BCUT2D eigenvalue weighted by Gasteiger charge is -2.39. The van der Waals surface area contributed by atoms with Gasteiger partial charge in [-0.15, -0.1) is 0 Å². The number of pyridine rings is 1. The fourth-order valence-electron chi connectivity index (χ4n) is 8.49. The van der Waals surface area contributed by atoms with Gasteiger partial charge in [-0.1, -0.05) is 157 Å². The van der Waals surface area contributed by atoms with Crippen LogP contribution in [0.5, 0.6) is 0 Å². The lowest BCUT2D eigenvalue weighted by molar-refractivity contribution is 0.722. The lowest BCUT2D eigenvalue weighted by Crippen LogP contribution is -2.31. The van der Waals surface area contributed by atoms with Crippen LogP contribution in [0.4, 0.5) is 0 Å². The van der Waals surface area contributed by atoms with E-state index >= 15 is 0 Å². The highest BCUT2D eigenvalue weighted by molar-refractivity contribution is 7.99. The molecule has 0 radical (unpaired) electrons. The molecule has 0 N–H and O–H groups in total. The van der Waals surface area contributed by atoms with Crippen LogP contribution in [0, 0.1) is 0 Å². The minimum atomic E-state index is -0.499. The zero-order valence-corrected chi connectivity index (χ0v) is 29.8. The zero-order valence-electron chi connectivity index (χ0n) is 29.0. The van der Waals surface area contributed by atoms with Crippen molar-refractivity contribution in [3.8, 4) is 56.4 Å². The first-order chi connectivity index (χ1) is 26.8. The molecule has 0 bridgehead atoms. The normalized spacial score (nSPS) is 13.3. The maximum absolute atomic E-state index is 5.12. The Labute approximate surface area is 317 Å². The van der Waals surface area contributed by atoms with E-state index in [1.54, 1.807) is 0 Å². The number of aromatic nitrogens is 4. The summed E-state index contributed by atoms with van der Waals surface area (Å²) in [6.07, 6.45) is 1.88. The summed E-state index contributed by atoms with van der Waals surface area (Å²) in [4.78, 5) is 22.6. The number of benzene rings is 7. The highest BCUT2D eigenvalue weighted by Gasteiger charge is 2.50. The molecule has 7 aromatic carbocycles. The number of rotatable bonds is 4. The van der Waals surface area contributed by atoms with E-state index in [1.807, 2.05) is 60.4 Å². The molecule has 2 aromatic heterocycles. The number of hydrogen-bond donors (Lipinski definition) is 0. The molecule has 5 heteroatoms. The Morgan fingerprint density at radius 1 is 0.370 bits per heavy atom. The summed E-state index contributed by atoms with van der Waals surface area (Å²) >= 11 is 1.86. The standard InChI is InChI=1S/C49H30N4S/c1-3-13-32(14-4-1)46-51-47(33-15-5-2-6-16-33)53-48(52-46)35-25-27-40-38(30-35)37-29-34(36-19-11-17-31-18-12-28-50-45(31)36)24-26-39(37)49(40)41-20-7-9-22-43(41)54-44-23-10-8-21-42(44)49/h1-30H. The topological polar surface area (TPSA) is 51.6 Å². The predicted octanol–water partition coefficient (Wildman–Crippen LogP) is 11.9. The van der Waals surface area contributed by atoms with E-state index in [0.717, 1.165) is 38.7 Å². The van der Waals surface area contributed by atoms with Crippen molar-refractivity contribution >= 4 is 22.7 Å². The second kappa shape index (κ2) is 12.2. The van der Waals surface area contributed by atoms with Crippen molar-refractivity contribution in [1.82, 2.24) is 19.9 Å². The van der Waals surface area contributed by atoms with Crippen LogP contribution in [0.25, 0.3) is 67.3 Å². The maximum atomic E-state index is 5.12. The van der Waals surface area contributed by atoms with Crippen LogP contribution in [0.2, 0.25) is 0 Å². The van der Waals surface area contributed by atoms with Crippen molar-refractivity contribution in [3.63, 3.8) is 0 Å². The molecule has 9 aromatic rings. The van der Waals surface area contributed by atoms with Gasteiger partial charge in [0.1, 0.15) is 0 Å². The van der Waals surface area contributed by atoms with Crippen LogP contribution in [0.1, 0.15) is 22.3 Å². The minimum absolute atomic E-state index is 0.499. The fourth-order valence-corrected chi connectivity index (χ4v) is 9.68. The molecule has 0 unspecified atom stereocenters. The fraction of sp³-hybridized carbons (Fsp3) is 0.0204. The molecule has 252 valence electrons. The van der Waals surface area contributed by atoms with Crippen LogP contribution in [0.15, 0.2) is 192 Å². The molecular weight excluding hydrogens is 677 g/mol. The molecule has 2 aliphatic rings. The summed E-state index contributed by atoms with van der Waals surface area (Å²) in [5, 5.41) is 1.13. The molecule has 0 atom stereocenters. The number of fused-ring (bicyclic) bond motifs is 10. The third-order valence-corrected chi connectivity index (χ3v) is 12.0. The van der Waals surface area contributed by atoms with E-state index in [9.17, 15) is 0 Å². The molecular formula is C49H30N4S. The third-order valence-electron chi connectivity index (χ3n) is 10.8. The van der Waals surface area contributed by atoms with E-state index in [2.05, 4.69) is 133 Å². The van der Waals surface area contributed by atoms with Gasteiger partial charge in [-0.05, 0) is 69.3 Å². The average Bonchev–Trinajstić information content (AvgIpc) is 3.53. The summed E-state index contributed by atoms with van der Waals surface area (Å²) in [6.45, 7) is 0. The summed E-state index contributed by atoms with van der Waals surface area (Å²) in [5.41, 5.74) is 13.1. The van der Waals surface area contributed by atoms with Gasteiger partial charge in [0.15, 0.2) is 17.5 Å². The van der Waals surface area contributed by atoms with Gasteiger partial charge in [-0.2, -0.15) is 0 Å². The van der Waals surface area contributed by atoms with Gasteiger partial charge in [0.2, 0.25) is 0 Å². The van der Waals surface area contributed by atoms with Crippen molar-refractivity contribution in [3.05, 3.63) is 204 Å². The van der Waals surface area contributed by atoms with Crippen molar-refractivity contribution < 1.29 is 0 Å². The van der Waals surface area contributed by atoms with Crippen LogP contribution >= 0.6 is 11.8 Å². The van der Waals surface area contributed by atoms with Gasteiger partial charge in [0, 0.05) is 43.6 Å². The Bertz CT molecular complexity index is 2810. The first-order valence-electron chi connectivity index (χ1n) is 18.1. The number of nitrogens with zero attached hydrogens (tertiary/aromatic N) is 4. The van der Waals surface area contributed by atoms with E-state index in [-0.39, 0.29) is 0 Å². The number of para-hydroxylation sites is 1. The monoisotopic (exact) mass is 706 g/mol. The molecule has 11 rings (SSSR count). The molecule has 0 saturated carbocycles. The first kappa shape index (κ1) is 30.9. The Morgan fingerprint density at radius 2 is 0.889 bits per heavy atom. The first-order valence-corrected chi connectivity index (χ1v) is 18.9. The van der Waals surface area contributed by atoms with Crippen molar-refractivity contribution in [2.24, 2.45) is 0 Å². The quantitative estimate of drug-likeness (QED) is 0.182. The molecule has 3 heterocycles. The van der Waals surface area contributed by atoms with Crippen LogP contribution in [0.3, 0.4) is 0 Å². The van der Waals surface area contributed by atoms with Gasteiger partial charge in [-0.3, -0.25) is 4.98 Å². The average molecular weight is 707 g/mol. The van der Waals surface area contributed by atoms with Crippen LogP contribution in [-0.4, -0.2) is 19.9 Å². The van der Waals surface area contributed by atoms with Crippen LogP contribution in [-0.2, 0) is 5.41 Å². The highest BCUT2D eigenvalue weighted by Crippen LogP contribution is 2.62. The maximum Gasteiger partial charge on any atom is 0.164 e. The van der Waals surface area contributed by atoms with Gasteiger partial charge >= 0.3 is 0 Å². The van der Waals surface area contributed by atoms with Gasteiger partial charge < -0.3 is 0 Å². The lowest BCUT2D eigenvalue weighted by atomic mass is 9.67. The molecule has 1 spiro atoms. The summed E-state index contributed by atoms with van der Waals surface area (Å²) in [6, 6.07) is 62.6. The Morgan fingerprint density at radius 3 is 1.52 bits per heavy atom. The smallest absolute Gasteiger partial charge is 0.164 e. The Balaban J connectivity index is 1.19. The summed E-state index contributed by atoms with van der Waals surface area (Å²) in [7, 11) is 0. The summed E-state index contributed by atoms with van der Waals surface area (Å²) < 4.78 is 0. The largest absolute Gasteiger partial charge is 0.256 e.